The number of carbonyl (C=O) groups excluding carboxylic acids is 1. The number of para-hydroxylation sites is 1. The molecule has 20 heavy (non-hydrogen) atoms. The van der Waals surface area contributed by atoms with E-state index in [1.54, 1.807) is 0 Å². The molecule has 0 bridgehead atoms. The Balaban J connectivity index is 2.61. The van der Waals surface area contributed by atoms with Gasteiger partial charge in [0.25, 0.3) is 0 Å². The molecule has 0 fully saturated rings. The van der Waals surface area contributed by atoms with Crippen LogP contribution in [0.3, 0.4) is 0 Å². The van der Waals surface area contributed by atoms with Crippen LogP contribution in [-0.2, 0) is 10.1 Å². The van der Waals surface area contributed by atoms with Gasteiger partial charge in [0.2, 0.25) is 0 Å². The average Bonchev–Trinajstić information content (AvgIpc) is 2.64. The Bertz CT molecular complexity index is 774. The lowest BCUT2D eigenvalue weighted by Crippen LogP contribution is -2.29. The van der Waals surface area contributed by atoms with Crippen LogP contribution in [0.25, 0.3) is 11.0 Å². The van der Waals surface area contributed by atoms with Crippen molar-refractivity contribution in [3.8, 4) is 5.95 Å². The number of benzene rings is 1. The van der Waals surface area contributed by atoms with Crippen LogP contribution < -0.4 is 9.29 Å². The fourth-order valence-corrected chi connectivity index (χ4v) is 1.83. The molecule has 2 rings (SSSR count). The summed E-state index contributed by atoms with van der Waals surface area (Å²) < 4.78 is 66.6. The molecule has 0 aliphatic carbocycles. The summed E-state index contributed by atoms with van der Waals surface area (Å²) in [7, 11) is -6.04. The maximum atomic E-state index is 12.2. The maximum Gasteiger partial charge on any atom is 0.534 e. The van der Waals surface area contributed by atoms with Gasteiger partial charge in [-0.1, -0.05) is 18.2 Å². The Morgan fingerprint density at radius 3 is 2.40 bits per heavy atom. The van der Waals surface area contributed by atoms with Crippen molar-refractivity contribution in [1.82, 2.24) is 0 Å². The van der Waals surface area contributed by atoms with E-state index >= 15 is 0 Å². The number of rotatable bonds is 3. The summed E-state index contributed by atoms with van der Waals surface area (Å²) in [6.45, 7) is 0. The molecule has 1 aromatic carbocycles. The van der Waals surface area contributed by atoms with Gasteiger partial charge in [0.05, 0.1) is 11.5 Å². The van der Waals surface area contributed by atoms with Crippen LogP contribution in [0, 0.1) is 0 Å². The van der Waals surface area contributed by atoms with Crippen LogP contribution in [0.4, 0.5) is 13.2 Å². The molecule has 108 valence electrons. The van der Waals surface area contributed by atoms with Gasteiger partial charge in [0.1, 0.15) is 5.58 Å². The minimum absolute atomic E-state index is 0.139. The van der Waals surface area contributed by atoms with Crippen LogP contribution in [-0.4, -0.2) is 19.9 Å². The molecule has 10 heteroatoms. The molecular formula is C10H4F3O6S-. The van der Waals surface area contributed by atoms with Crippen molar-refractivity contribution < 1.29 is 40.1 Å². The monoisotopic (exact) mass is 309 g/mol. The topological polar surface area (TPSA) is 96.6 Å². The zero-order valence-electron chi connectivity index (χ0n) is 9.30. The predicted octanol–water partition coefficient (Wildman–Crippen LogP) is 1.02. The number of carboxylic acids is 1. The summed E-state index contributed by atoms with van der Waals surface area (Å²) in [4.78, 5) is 10.9. The standard InChI is InChI=1S/C10H5F3O6S/c11-10(12,13)20(16,17)19-9-7(8(14)15)5-3-1-2-4-6(5)18-9/h1-4H,(H,14,15)/p-1. The van der Waals surface area contributed by atoms with Gasteiger partial charge in [0.15, 0.2) is 0 Å². The first-order valence-corrected chi connectivity index (χ1v) is 6.28. The quantitative estimate of drug-likeness (QED) is 0.620. The number of hydrogen-bond donors (Lipinski definition) is 0. The molecule has 0 saturated heterocycles. The first-order valence-electron chi connectivity index (χ1n) is 4.87. The van der Waals surface area contributed by atoms with E-state index in [1.165, 1.54) is 24.3 Å². The van der Waals surface area contributed by atoms with E-state index in [0.29, 0.717) is 0 Å². The molecule has 0 saturated carbocycles. The second kappa shape index (κ2) is 4.40. The molecule has 0 amide bonds. The Morgan fingerprint density at radius 2 is 1.85 bits per heavy atom. The number of aromatic carboxylic acids is 1. The van der Waals surface area contributed by atoms with Gasteiger partial charge < -0.3 is 18.5 Å². The smallest absolute Gasteiger partial charge is 0.534 e. The van der Waals surface area contributed by atoms with Gasteiger partial charge in [-0.15, -0.1) is 0 Å². The van der Waals surface area contributed by atoms with E-state index in [2.05, 4.69) is 8.60 Å². The van der Waals surface area contributed by atoms with Gasteiger partial charge in [-0.2, -0.15) is 21.6 Å². The zero-order chi connectivity index (χ0) is 15.1. The molecule has 0 N–H and O–H groups in total. The highest BCUT2D eigenvalue weighted by molar-refractivity contribution is 7.87. The SMILES string of the molecule is O=C([O-])c1c(OS(=O)(=O)C(F)(F)F)oc2ccccc12. The molecule has 0 aliphatic rings. The maximum absolute atomic E-state index is 12.2. The molecule has 1 heterocycles. The Kier molecular flexibility index (Phi) is 3.12. The second-order valence-electron chi connectivity index (χ2n) is 3.53. The molecule has 0 radical (unpaired) electrons. The molecule has 1 aromatic heterocycles. The lowest BCUT2D eigenvalue weighted by atomic mass is 10.2. The third kappa shape index (κ3) is 2.29. The number of halogens is 3. The third-order valence-electron chi connectivity index (χ3n) is 2.24. The van der Waals surface area contributed by atoms with E-state index in [-0.39, 0.29) is 11.0 Å². The summed E-state index contributed by atoms with van der Waals surface area (Å²) >= 11 is 0. The van der Waals surface area contributed by atoms with Gasteiger partial charge in [-0.05, 0) is 6.07 Å². The summed E-state index contributed by atoms with van der Waals surface area (Å²) in [6.07, 6.45) is 0. The van der Waals surface area contributed by atoms with Crippen LogP contribution in [0.15, 0.2) is 28.7 Å². The Morgan fingerprint density at radius 1 is 1.25 bits per heavy atom. The number of carboxylic acid groups (broad SMARTS) is 1. The van der Waals surface area contributed by atoms with Gasteiger partial charge in [-0.25, -0.2) is 0 Å². The first kappa shape index (κ1) is 14.2. The second-order valence-corrected chi connectivity index (χ2v) is 5.07. The molecule has 2 aromatic rings. The third-order valence-corrected chi connectivity index (χ3v) is 3.17. The van der Waals surface area contributed by atoms with Crippen molar-refractivity contribution in [1.29, 1.82) is 0 Å². The highest BCUT2D eigenvalue weighted by atomic mass is 32.2. The fourth-order valence-electron chi connectivity index (χ4n) is 1.42. The van der Waals surface area contributed by atoms with Crippen molar-refractivity contribution in [2.75, 3.05) is 0 Å². The first-order chi connectivity index (χ1) is 9.13. The molecule has 0 aliphatic heterocycles. The minimum atomic E-state index is -6.04. The molecule has 0 unspecified atom stereocenters. The summed E-state index contributed by atoms with van der Waals surface area (Å²) in [6, 6.07) is 5.23. The number of hydrogen-bond acceptors (Lipinski definition) is 6. The lowest BCUT2D eigenvalue weighted by Gasteiger charge is -2.08. The highest BCUT2D eigenvalue weighted by Gasteiger charge is 2.49. The van der Waals surface area contributed by atoms with E-state index in [1.807, 2.05) is 0 Å². The minimum Gasteiger partial charge on any atom is -0.545 e. The van der Waals surface area contributed by atoms with Crippen molar-refractivity contribution >= 4 is 27.1 Å². The van der Waals surface area contributed by atoms with Gasteiger partial charge >= 0.3 is 21.6 Å². The van der Waals surface area contributed by atoms with Crippen molar-refractivity contribution in [2.24, 2.45) is 0 Å². The molecular weight excluding hydrogens is 305 g/mol. The van der Waals surface area contributed by atoms with Crippen molar-refractivity contribution in [2.45, 2.75) is 5.51 Å². The molecule has 6 nitrogen and oxygen atoms in total. The fraction of sp³-hybridized carbons (Fsp3) is 0.100. The van der Waals surface area contributed by atoms with Crippen molar-refractivity contribution in [3.63, 3.8) is 0 Å². The number of carbonyl (C=O) groups is 1. The van der Waals surface area contributed by atoms with Gasteiger partial charge in [-0.3, -0.25) is 0 Å². The van der Waals surface area contributed by atoms with E-state index in [0.717, 1.165) is 0 Å². The van der Waals surface area contributed by atoms with E-state index in [4.69, 9.17) is 0 Å². The normalized spacial score (nSPS) is 12.6. The van der Waals surface area contributed by atoms with Crippen LogP contribution in [0.1, 0.15) is 10.4 Å². The summed E-state index contributed by atoms with van der Waals surface area (Å²) in [5.41, 5.74) is -6.78. The number of alkyl halides is 3. The summed E-state index contributed by atoms with van der Waals surface area (Å²) in [5.74, 6) is -3.23. The van der Waals surface area contributed by atoms with Crippen LogP contribution in [0.5, 0.6) is 5.95 Å². The van der Waals surface area contributed by atoms with Crippen molar-refractivity contribution in [3.05, 3.63) is 29.8 Å². The lowest BCUT2D eigenvalue weighted by molar-refractivity contribution is -0.255. The average molecular weight is 309 g/mol. The molecule has 0 atom stereocenters. The number of furan rings is 1. The number of fused-ring (bicyclic) bond motifs is 1. The largest absolute Gasteiger partial charge is 0.545 e. The highest BCUT2D eigenvalue weighted by Crippen LogP contribution is 2.35. The Hall–Kier alpha value is -2.23. The summed E-state index contributed by atoms with van der Waals surface area (Å²) in [5, 5.41) is 10.8. The van der Waals surface area contributed by atoms with E-state index < -0.39 is 33.1 Å². The predicted molar refractivity (Wildman–Crippen MR) is 56.1 cm³/mol. The van der Waals surface area contributed by atoms with Crippen LogP contribution in [0.2, 0.25) is 0 Å². The van der Waals surface area contributed by atoms with E-state index in [9.17, 15) is 31.5 Å². The van der Waals surface area contributed by atoms with Crippen LogP contribution >= 0.6 is 0 Å². The molecule has 0 spiro atoms. The van der Waals surface area contributed by atoms with Gasteiger partial charge in [0, 0.05) is 5.39 Å². The zero-order valence-corrected chi connectivity index (χ0v) is 10.1. The Labute approximate surface area is 109 Å².